The number of rotatable bonds is 4. The summed E-state index contributed by atoms with van der Waals surface area (Å²) in [5, 5.41) is 0. The molecule has 2 N–H and O–H groups in total. The highest BCUT2D eigenvalue weighted by Crippen LogP contribution is 2.30. The van der Waals surface area contributed by atoms with Crippen molar-refractivity contribution in [2.75, 3.05) is 12.5 Å². The van der Waals surface area contributed by atoms with Gasteiger partial charge in [0.05, 0.1) is 12.5 Å². The first kappa shape index (κ1) is 11.8. The van der Waals surface area contributed by atoms with Crippen LogP contribution >= 0.6 is 11.6 Å². The Morgan fingerprint density at radius 1 is 1.60 bits per heavy atom. The average Bonchev–Trinajstić information content (AvgIpc) is 2.23. The Balaban J connectivity index is 3.12. The minimum Gasteiger partial charge on any atom is -0.492 e. The third-order valence-electron chi connectivity index (χ3n) is 1.64. The lowest BCUT2D eigenvalue weighted by Gasteiger charge is -2.07. The van der Waals surface area contributed by atoms with E-state index in [0.717, 1.165) is 0 Å². The third kappa shape index (κ3) is 3.09. The van der Waals surface area contributed by atoms with Gasteiger partial charge in [-0.3, -0.25) is 0 Å². The number of nitrogens with two attached hydrogens (primary N) is 1. The Kier molecular flexibility index (Phi) is 4.37. The van der Waals surface area contributed by atoms with E-state index in [1.165, 1.54) is 6.07 Å². The van der Waals surface area contributed by atoms with Gasteiger partial charge in [0.2, 0.25) is 0 Å². The van der Waals surface area contributed by atoms with E-state index in [-0.39, 0.29) is 17.4 Å². The lowest BCUT2D eigenvalue weighted by Crippen LogP contribution is -2.12. The monoisotopic (exact) mass is 230 g/mol. The summed E-state index contributed by atoms with van der Waals surface area (Å²) in [5.41, 5.74) is 5.53. The number of para-hydroxylation sites is 1. The number of alkyl halides is 1. The van der Waals surface area contributed by atoms with E-state index in [0.29, 0.717) is 12.4 Å². The summed E-state index contributed by atoms with van der Waals surface area (Å²) in [5.74, 6) is 0.0993. The summed E-state index contributed by atoms with van der Waals surface area (Å²) in [6, 6.07) is 4.48. The van der Waals surface area contributed by atoms with Gasteiger partial charge in [-0.2, -0.15) is 0 Å². The quantitative estimate of drug-likeness (QED) is 0.491. The Morgan fingerprint density at radius 3 is 2.93 bits per heavy atom. The molecule has 0 saturated carbocycles. The van der Waals surface area contributed by atoms with Crippen molar-refractivity contribution in [1.29, 1.82) is 0 Å². The predicted octanol–water partition coefficient (Wildman–Crippen LogP) is 2.45. The van der Waals surface area contributed by atoms with Crippen LogP contribution in [0.2, 0.25) is 0 Å². The molecule has 82 valence electrons. The number of halogens is 2. The van der Waals surface area contributed by atoms with Gasteiger partial charge in [-0.25, -0.2) is 9.38 Å². The van der Waals surface area contributed by atoms with Crippen molar-refractivity contribution in [1.82, 2.24) is 0 Å². The molecule has 1 aromatic carbocycles. The van der Waals surface area contributed by atoms with Crippen LogP contribution in [0, 0.1) is 5.82 Å². The molecule has 0 bridgehead atoms. The molecule has 15 heavy (non-hydrogen) atoms. The molecule has 1 aromatic rings. The summed E-state index contributed by atoms with van der Waals surface area (Å²) in [4.78, 5) is 3.86. The van der Waals surface area contributed by atoms with Crippen molar-refractivity contribution >= 4 is 23.1 Å². The van der Waals surface area contributed by atoms with Gasteiger partial charge in [0.1, 0.15) is 17.3 Å². The van der Waals surface area contributed by atoms with Gasteiger partial charge in [0.25, 0.3) is 0 Å². The molecule has 0 aliphatic rings. The number of aliphatic imine (C=N–C) groups is 1. The predicted molar refractivity (Wildman–Crippen MR) is 59.6 cm³/mol. The molecule has 0 amide bonds. The van der Waals surface area contributed by atoms with Gasteiger partial charge in [-0.05, 0) is 19.1 Å². The second kappa shape index (κ2) is 5.56. The van der Waals surface area contributed by atoms with Crippen LogP contribution in [0.15, 0.2) is 23.2 Å². The van der Waals surface area contributed by atoms with E-state index >= 15 is 0 Å². The zero-order valence-corrected chi connectivity index (χ0v) is 9.09. The molecule has 0 radical (unpaired) electrons. The second-order valence-corrected chi connectivity index (χ2v) is 3.02. The number of hydrogen-bond acceptors (Lipinski definition) is 2. The Bertz CT molecular complexity index is 368. The second-order valence-electron chi connectivity index (χ2n) is 2.76. The van der Waals surface area contributed by atoms with Crippen LogP contribution in [-0.2, 0) is 0 Å². The first-order valence-electron chi connectivity index (χ1n) is 4.49. The van der Waals surface area contributed by atoms with Crippen LogP contribution in [0.5, 0.6) is 5.75 Å². The maximum atomic E-state index is 13.4. The van der Waals surface area contributed by atoms with E-state index in [9.17, 15) is 4.39 Å². The van der Waals surface area contributed by atoms with Crippen molar-refractivity contribution in [2.24, 2.45) is 10.7 Å². The molecular weight excluding hydrogens is 219 g/mol. The van der Waals surface area contributed by atoms with Crippen LogP contribution < -0.4 is 10.5 Å². The molecule has 0 unspecified atom stereocenters. The fourth-order valence-corrected chi connectivity index (χ4v) is 1.11. The van der Waals surface area contributed by atoms with E-state index in [1.807, 2.05) is 6.92 Å². The standard InChI is InChI=1S/C10H12ClFN2O/c1-2-15-8-5-3-4-7(12)10(8)14-9(13)6-11/h3-5H,2,6H2,1H3,(H2,13,14). The van der Waals surface area contributed by atoms with Crippen molar-refractivity contribution < 1.29 is 9.13 Å². The van der Waals surface area contributed by atoms with Crippen molar-refractivity contribution in [3.8, 4) is 5.75 Å². The van der Waals surface area contributed by atoms with Crippen molar-refractivity contribution in [3.63, 3.8) is 0 Å². The van der Waals surface area contributed by atoms with Crippen LogP contribution in [0.4, 0.5) is 10.1 Å². The fraction of sp³-hybridized carbons (Fsp3) is 0.300. The summed E-state index contributed by atoms with van der Waals surface area (Å²) in [6.07, 6.45) is 0. The van der Waals surface area contributed by atoms with Crippen LogP contribution in [0.3, 0.4) is 0 Å². The molecule has 0 atom stereocenters. The van der Waals surface area contributed by atoms with Gasteiger partial charge in [-0.15, -0.1) is 11.6 Å². The van der Waals surface area contributed by atoms with Crippen molar-refractivity contribution in [2.45, 2.75) is 6.92 Å². The Hall–Kier alpha value is -1.29. The van der Waals surface area contributed by atoms with Gasteiger partial charge in [0, 0.05) is 0 Å². The number of amidine groups is 1. The maximum absolute atomic E-state index is 13.4. The number of hydrogen-bond donors (Lipinski definition) is 1. The maximum Gasteiger partial charge on any atom is 0.152 e. The fourth-order valence-electron chi connectivity index (χ4n) is 1.05. The number of benzene rings is 1. The first-order valence-corrected chi connectivity index (χ1v) is 5.02. The third-order valence-corrected chi connectivity index (χ3v) is 1.92. The Labute approximate surface area is 92.7 Å². The lowest BCUT2D eigenvalue weighted by molar-refractivity contribution is 0.340. The number of ether oxygens (including phenoxy) is 1. The highest BCUT2D eigenvalue weighted by atomic mass is 35.5. The molecule has 3 nitrogen and oxygen atoms in total. The van der Waals surface area contributed by atoms with E-state index in [1.54, 1.807) is 12.1 Å². The van der Waals surface area contributed by atoms with E-state index in [2.05, 4.69) is 4.99 Å². The zero-order valence-electron chi connectivity index (χ0n) is 8.34. The van der Waals surface area contributed by atoms with Crippen LogP contribution in [-0.4, -0.2) is 18.3 Å². The van der Waals surface area contributed by atoms with Gasteiger partial charge in [0.15, 0.2) is 5.82 Å². The molecule has 0 fully saturated rings. The largest absolute Gasteiger partial charge is 0.492 e. The molecule has 0 aliphatic heterocycles. The first-order chi connectivity index (χ1) is 7.19. The molecular formula is C10H12ClFN2O. The van der Waals surface area contributed by atoms with E-state index < -0.39 is 5.82 Å². The Morgan fingerprint density at radius 2 is 2.33 bits per heavy atom. The van der Waals surface area contributed by atoms with Crippen molar-refractivity contribution in [3.05, 3.63) is 24.0 Å². The molecule has 5 heteroatoms. The summed E-state index contributed by atoms with van der Waals surface area (Å²) in [7, 11) is 0. The zero-order chi connectivity index (χ0) is 11.3. The minimum atomic E-state index is -0.478. The molecule has 0 spiro atoms. The van der Waals surface area contributed by atoms with Crippen LogP contribution in [0.25, 0.3) is 0 Å². The highest BCUT2D eigenvalue weighted by Gasteiger charge is 2.08. The van der Waals surface area contributed by atoms with Gasteiger partial charge >= 0.3 is 0 Å². The topological polar surface area (TPSA) is 47.6 Å². The van der Waals surface area contributed by atoms with Gasteiger partial charge < -0.3 is 10.5 Å². The summed E-state index contributed by atoms with van der Waals surface area (Å²) < 4.78 is 18.6. The minimum absolute atomic E-state index is 0.0555. The molecule has 0 aromatic heterocycles. The lowest BCUT2D eigenvalue weighted by atomic mass is 10.3. The van der Waals surface area contributed by atoms with E-state index in [4.69, 9.17) is 22.1 Å². The molecule has 1 rings (SSSR count). The summed E-state index contributed by atoms with van der Waals surface area (Å²) >= 11 is 5.46. The summed E-state index contributed by atoms with van der Waals surface area (Å²) in [6.45, 7) is 2.25. The smallest absolute Gasteiger partial charge is 0.152 e. The van der Waals surface area contributed by atoms with Crippen LogP contribution in [0.1, 0.15) is 6.92 Å². The average molecular weight is 231 g/mol. The normalized spacial score (nSPS) is 11.5. The highest BCUT2D eigenvalue weighted by molar-refractivity contribution is 6.28. The number of nitrogens with zero attached hydrogens (tertiary/aromatic N) is 1. The SMILES string of the molecule is CCOc1cccc(F)c1N=C(N)CCl. The molecule has 0 heterocycles. The molecule has 0 saturated heterocycles. The van der Waals surface area contributed by atoms with Gasteiger partial charge in [-0.1, -0.05) is 6.07 Å². The molecule has 0 aliphatic carbocycles.